The first-order chi connectivity index (χ1) is 7.16. The molecule has 1 aliphatic rings. The fraction of sp³-hybridized carbons (Fsp3) is 0.909. The maximum atomic E-state index is 11.9. The molecular weight excluding hydrogens is 192 g/mol. The molecule has 0 unspecified atom stereocenters. The van der Waals surface area contributed by atoms with Crippen LogP contribution < -0.4 is 5.73 Å². The van der Waals surface area contributed by atoms with Gasteiger partial charge in [0.1, 0.15) is 0 Å². The number of amides is 1. The molecule has 0 atom stereocenters. The highest BCUT2D eigenvalue weighted by Crippen LogP contribution is 2.45. The standard InChI is InChI=1S/C11H22N2O2/c1-13(7-3-2-4-8-14)10(15)11(9-12)5-6-11/h14H,2-9,12H2,1H3. The van der Waals surface area contributed by atoms with Crippen LogP contribution in [0, 0.1) is 5.41 Å². The van der Waals surface area contributed by atoms with Crippen LogP contribution in [-0.4, -0.2) is 42.7 Å². The van der Waals surface area contributed by atoms with Crippen molar-refractivity contribution in [1.29, 1.82) is 0 Å². The first-order valence-corrected chi connectivity index (χ1v) is 5.73. The van der Waals surface area contributed by atoms with E-state index in [4.69, 9.17) is 10.8 Å². The number of nitrogens with zero attached hydrogens (tertiary/aromatic N) is 1. The molecule has 1 amide bonds. The third kappa shape index (κ3) is 3.18. The van der Waals surface area contributed by atoms with Crippen LogP contribution in [0.4, 0.5) is 0 Å². The van der Waals surface area contributed by atoms with Gasteiger partial charge in [-0.15, -0.1) is 0 Å². The highest BCUT2D eigenvalue weighted by Gasteiger charge is 2.49. The number of aliphatic hydroxyl groups is 1. The molecule has 0 spiro atoms. The molecule has 15 heavy (non-hydrogen) atoms. The van der Waals surface area contributed by atoms with Gasteiger partial charge in [-0.1, -0.05) is 0 Å². The van der Waals surface area contributed by atoms with Gasteiger partial charge in [-0.3, -0.25) is 4.79 Å². The Balaban J connectivity index is 2.22. The second kappa shape index (κ2) is 5.47. The summed E-state index contributed by atoms with van der Waals surface area (Å²) >= 11 is 0. The van der Waals surface area contributed by atoms with Crippen LogP contribution in [0.5, 0.6) is 0 Å². The van der Waals surface area contributed by atoms with Crippen LogP contribution in [0.3, 0.4) is 0 Å². The third-order valence-corrected chi connectivity index (χ3v) is 3.20. The first kappa shape index (κ1) is 12.5. The summed E-state index contributed by atoms with van der Waals surface area (Å²) in [6.45, 7) is 1.50. The number of rotatable bonds is 7. The Morgan fingerprint density at radius 1 is 1.40 bits per heavy atom. The molecule has 0 aromatic carbocycles. The molecule has 4 nitrogen and oxygen atoms in total. The van der Waals surface area contributed by atoms with Crippen LogP contribution in [-0.2, 0) is 4.79 Å². The average Bonchev–Trinajstić information content (AvgIpc) is 3.04. The van der Waals surface area contributed by atoms with Crippen molar-refractivity contribution in [3.63, 3.8) is 0 Å². The lowest BCUT2D eigenvalue weighted by Crippen LogP contribution is -2.38. The van der Waals surface area contributed by atoms with Gasteiger partial charge in [0.2, 0.25) is 5.91 Å². The van der Waals surface area contributed by atoms with Crippen molar-refractivity contribution in [2.45, 2.75) is 32.1 Å². The minimum Gasteiger partial charge on any atom is -0.396 e. The van der Waals surface area contributed by atoms with Crippen LogP contribution >= 0.6 is 0 Å². The van der Waals surface area contributed by atoms with Crippen LogP contribution in [0.2, 0.25) is 0 Å². The molecular formula is C11H22N2O2. The summed E-state index contributed by atoms with van der Waals surface area (Å²) in [6, 6.07) is 0. The average molecular weight is 214 g/mol. The topological polar surface area (TPSA) is 66.6 Å². The maximum absolute atomic E-state index is 11.9. The van der Waals surface area contributed by atoms with Crippen molar-refractivity contribution in [1.82, 2.24) is 4.90 Å². The summed E-state index contributed by atoms with van der Waals surface area (Å²) in [5, 5.41) is 8.62. The monoisotopic (exact) mass is 214 g/mol. The normalized spacial score (nSPS) is 17.5. The van der Waals surface area contributed by atoms with Gasteiger partial charge in [0.05, 0.1) is 5.41 Å². The van der Waals surface area contributed by atoms with Gasteiger partial charge in [-0.2, -0.15) is 0 Å². The Bertz CT molecular complexity index is 215. The van der Waals surface area contributed by atoms with Gasteiger partial charge >= 0.3 is 0 Å². The number of carbonyl (C=O) groups is 1. The molecule has 0 aromatic heterocycles. The summed E-state index contributed by atoms with van der Waals surface area (Å²) in [5.41, 5.74) is 5.39. The molecule has 0 saturated heterocycles. The zero-order valence-electron chi connectivity index (χ0n) is 9.54. The van der Waals surface area contributed by atoms with E-state index in [1.807, 2.05) is 7.05 Å². The van der Waals surface area contributed by atoms with Crippen LogP contribution in [0.15, 0.2) is 0 Å². The molecule has 3 N–H and O–H groups in total. The molecule has 0 bridgehead atoms. The van der Waals surface area contributed by atoms with E-state index in [0.29, 0.717) is 6.54 Å². The quantitative estimate of drug-likeness (QED) is 0.601. The van der Waals surface area contributed by atoms with Crippen molar-refractivity contribution in [3.8, 4) is 0 Å². The summed E-state index contributed by atoms with van der Waals surface area (Å²) in [5.74, 6) is 0.203. The fourth-order valence-electron chi connectivity index (χ4n) is 1.80. The third-order valence-electron chi connectivity index (χ3n) is 3.20. The molecule has 4 heteroatoms. The van der Waals surface area contributed by atoms with E-state index >= 15 is 0 Å². The number of aliphatic hydroxyl groups excluding tert-OH is 1. The number of hydrogen-bond donors (Lipinski definition) is 2. The smallest absolute Gasteiger partial charge is 0.229 e. The summed E-state index contributed by atoms with van der Waals surface area (Å²) < 4.78 is 0. The molecule has 1 fully saturated rings. The van der Waals surface area contributed by atoms with Crippen molar-refractivity contribution in [2.75, 3.05) is 26.7 Å². The Hall–Kier alpha value is -0.610. The first-order valence-electron chi connectivity index (χ1n) is 5.73. The maximum Gasteiger partial charge on any atom is 0.229 e. The van der Waals surface area contributed by atoms with E-state index in [-0.39, 0.29) is 17.9 Å². The summed E-state index contributed by atoms with van der Waals surface area (Å²) in [4.78, 5) is 13.7. The summed E-state index contributed by atoms with van der Waals surface area (Å²) in [7, 11) is 1.84. The van der Waals surface area contributed by atoms with Gasteiger partial charge in [0.15, 0.2) is 0 Å². The molecule has 0 aliphatic heterocycles. The van der Waals surface area contributed by atoms with Crippen molar-refractivity contribution >= 4 is 5.91 Å². The van der Waals surface area contributed by atoms with Gasteiger partial charge in [0.25, 0.3) is 0 Å². The van der Waals surface area contributed by atoms with E-state index in [9.17, 15) is 4.79 Å². The van der Waals surface area contributed by atoms with Gasteiger partial charge in [-0.25, -0.2) is 0 Å². The Morgan fingerprint density at radius 3 is 2.53 bits per heavy atom. The summed E-state index contributed by atoms with van der Waals surface area (Å²) in [6.07, 6.45) is 4.66. The predicted octanol–water partition coefficient (Wildman–Crippen LogP) is 0.346. The Kier molecular flexibility index (Phi) is 4.54. The number of hydrogen-bond acceptors (Lipinski definition) is 3. The minimum absolute atomic E-state index is 0.203. The highest BCUT2D eigenvalue weighted by atomic mass is 16.2. The lowest BCUT2D eigenvalue weighted by molar-refractivity contribution is -0.135. The Morgan fingerprint density at radius 2 is 2.07 bits per heavy atom. The Labute approximate surface area is 91.4 Å². The molecule has 1 saturated carbocycles. The van der Waals surface area contributed by atoms with Gasteiger partial charge < -0.3 is 15.7 Å². The van der Waals surface area contributed by atoms with Crippen LogP contribution in [0.1, 0.15) is 32.1 Å². The lowest BCUT2D eigenvalue weighted by atomic mass is 10.1. The molecule has 88 valence electrons. The number of nitrogens with two attached hydrogens (primary N) is 1. The van der Waals surface area contributed by atoms with E-state index in [1.165, 1.54) is 0 Å². The minimum atomic E-state index is -0.217. The lowest BCUT2D eigenvalue weighted by Gasteiger charge is -2.22. The van der Waals surface area contributed by atoms with Gasteiger partial charge in [0, 0.05) is 26.7 Å². The molecule has 1 aliphatic carbocycles. The number of carbonyl (C=O) groups excluding carboxylic acids is 1. The molecule has 0 heterocycles. The second-order valence-corrected chi connectivity index (χ2v) is 4.50. The molecule has 0 radical (unpaired) electrons. The predicted molar refractivity (Wildman–Crippen MR) is 59.3 cm³/mol. The van der Waals surface area contributed by atoms with Crippen molar-refractivity contribution in [2.24, 2.45) is 11.1 Å². The zero-order valence-corrected chi connectivity index (χ0v) is 9.54. The largest absolute Gasteiger partial charge is 0.396 e. The van der Waals surface area contributed by atoms with Crippen molar-refractivity contribution < 1.29 is 9.90 Å². The van der Waals surface area contributed by atoms with E-state index < -0.39 is 0 Å². The van der Waals surface area contributed by atoms with Crippen LogP contribution in [0.25, 0.3) is 0 Å². The molecule has 0 aromatic rings. The molecule has 1 rings (SSSR count). The highest BCUT2D eigenvalue weighted by molar-refractivity contribution is 5.85. The van der Waals surface area contributed by atoms with Gasteiger partial charge in [-0.05, 0) is 32.1 Å². The van der Waals surface area contributed by atoms with E-state index in [2.05, 4.69) is 0 Å². The zero-order chi connectivity index (χ0) is 11.3. The second-order valence-electron chi connectivity index (χ2n) is 4.50. The fourth-order valence-corrected chi connectivity index (χ4v) is 1.80. The van der Waals surface area contributed by atoms with E-state index in [0.717, 1.165) is 38.6 Å². The number of unbranched alkanes of at least 4 members (excludes halogenated alkanes) is 2. The van der Waals surface area contributed by atoms with E-state index in [1.54, 1.807) is 4.90 Å². The van der Waals surface area contributed by atoms with Crippen molar-refractivity contribution in [3.05, 3.63) is 0 Å². The SMILES string of the molecule is CN(CCCCCO)C(=O)C1(CN)CC1.